The van der Waals surface area contributed by atoms with Crippen LogP contribution in [0.5, 0.6) is 0 Å². The monoisotopic (exact) mass is 360 g/mol. The first kappa shape index (κ1) is 16.5. The molecule has 0 unspecified atom stereocenters. The lowest BCUT2D eigenvalue weighted by Crippen LogP contribution is -2.01. The molecule has 26 heavy (non-hydrogen) atoms. The number of fused-ring (bicyclic) bond motifs is 1. The van der Waals surface area contributed by atoms with Gasteiger partial charge in [0, 0.05) is 22.6 Å². The second-order valence-corrected chi connectivity index (χ2v) is 7.34. The van der Waals surface area contributed by atoms with E-state index in [1.165, 1.54) is 22.6 Å². The van der Waals surface area contributed by atoms with Gasteiger partial charge in [-0.25, -0.2) is 4.98 Å². The van der Waals surface area contributed by atoms with Crippen molar-refractivity contribution in [2.24, 2.45) is 5.10 Å². The predicted molar refractivity (Wildman–Crippen MR) is 111 cm³/mol. The fraction of sp³-hybridized carbons (Fsp3) is 0.143. The topological polar surface area (TPSA) is 42.2 Å². The number of rotatable bonds is 4. The molecule has 2 heterocycles. The lowest BCUT2D eigenvalue weighted by molar-refractivity contribution is 0.954. The highest BCUT2D eigenvalue weighted by atomic mass is 32.1. The number of benzene rings is 2. The van der Waals surface area contributed by atoms with Crippen LogP contribution in [0.1, 0.15) is 22.5 Å². The van der Waals surface area contributed by atoms with E-state index in [4.69, 9.17) is 0 Å². The first-order valence-electron chi connectivity index (χ1n) is 8.53. The Morgan fingerprint density at radius 2 is 1.81 bits per heavy atom. The summed E-state index contributed by atoms with van der Waals surface area (Å²) in [6.07, 6.45) is 1.86. The van der Waals surface area contributed by atoms with Crippen molar-refractivity contribution in [3.63, 3.8) is 0 Å². The fourth-order valence-electron chi connectivity index (χ4n) is 3.18. The Kier molecular flexibility index (Phi) is 4.31. The highest BCUT2D eigenvalue weighted by Gasteiger charge is 2.11. The maximum absolute atomic E-state index is 4.54. The molecule has 1 N–H and O–H groups in total. The van der Waals surface area contributed by atoms with Crippen molar-refractivity contribution in [1.29, 1.82) is 0 Å². The van der Waals surface area contributed by atoms with Crippen molar-refractivity contribution in [1.82, 2.24) is 9.55 Å². The van der Waals surface area contributed by atoms with Crippen LogP contribution in [0.15, 0.2) is 59.7 Å². The third-order valence-corrected chi connectivity index (χ3v) is 5.43. The number of hydrogen-bond donors (Lipinski definition) is 1. The largest absolute Gasteiger partial charge is 0.318 e. The Morgan fingerprint density at radius 1 is 1.04 bits per heavy atom. The van der Waals surface area contributed by atoms with Crippen molar-refractivity contribution in [2.45, 2.75) is 20.8 Å². The first-order valence-corrected chi connectivity index (χ1v) is 9.35. The molecule has 4 nitrogen and oxygen atoms in total. The number of nitrogens with zero attached hydrogens (tertiary/aromatic N) is 3. The molecular formula is C21H20N4S. The van der Waals surface area contributed by atoms with Gasteiger partial charge >= 0.3 is 0 Å². The average molecular weight is 360 g/mol. The van der Waals surface area contributed by atoms with Gasteiger partial charge in [0.25, 0.3) is 0 Å². The van der Waals surface area contributed by atoms with E-state index in [0.717, 1.165) is 20.9 Å². The zero-order chi connectivity index (χ0) is 18.1. The molecule has 0 saturated heterocycles. The molecule has 0 aliphatic carbocycles. The summed E-state index contributed by atoms with van der Waals surface area (Å²) in [5.74, 6) is 0. The van der Waals surface area contributed by atoms with E-state index in [9.17, 15) is 0 Å². The number of nitrogens with one attached hydrogen (secondary N) is 1. The van der Waals surface area contributed by atoms with Gasteiger partial charge in [0.15, 0.2) is 0 Å². The molecular weight excluding hydrogens is 340 g/mol. The van der Waals surface area contributed by atoms with Gasteiger partial charge in [-0.1, -0.05) is 41.7 Å². The van der Waals surface area contributed by atoms with Gasteiger partial charge < -0.3 is 4.57 Å². The Labute approximate surface area is 156 Å². The molecule has 130 valence electrons. The number of aromatic nitrogens is 2. The molecule has 0 spiro atoms. The van der Waals surface area contributed by atoms with Gasteiger partial charge in [0.1, 0.15) is 0 Å². The molecule has 0 amide bonds. The lowest BCUT2D eigenvalue weighted by Gasteiger charge is -2.12. The van der Waals surface area contributed by atoms with Crippen molar-refractivity contribution >= 4 is 32.9 Å². The summed E-state index contributed by atoms with van der Waals surface area (Å²) in [4.78, 5) is 4.54. The minimum atomic E-state index is 0.801. The summed E-state index contributed by atoms with van der Waals surface area (Å²) in [7, 11) is 0. The van der Waals surface area contributed by atoms with E-state index in [1.54, 1.807) is 11.3 Å². The zero-order valence-electron chi connectivity index (χ0n) is 15.0. The highest BCUT2D eigenvalue weighted by molar-refractivity contribution is 7.22. The molecule has 0 fully saturated rings. The summed E-state index contributed by atoms with van der Waals surface area (Å²) in [6.45, 7) is 6.38. The highest BCUT2D eigenvalue weighted by Crippen LogP contribution is 2.25. The lowest BCUT2D eigenvalue weighted by atomic mass is 10.2. The van der Waals surface area contributed by atoms with Crippen LogP contribution in [-0.4, -0.2) is 15.8 Å². The van der Waals surface area contributed by atoms with Crippen molar-refractivity contribution in [2.75, 3.05) is 5.43 Å². The molecule has 0 bridgehead atoms. The van der Waals surface area contributed by atoms with E-state index in [1.807, 2.05) is 24.4 Å². The van der Waals surface area contributed by atoms with Crippen molar-refractivity contribution < 1.29 is 0 Å². The first-order chi connectivity index (χ1) is 12.6. The maximum atomic E-state index is 4.54. The van der Waals surface area contributed by atoms with Crippen LogP contribution < -0.4 is 5.43 Å². The number of anilines is 1. The van der Waals surface area contributed by atoms with E-state index >= 15 is 0 Å². The Morgan fingerprint density at radius 3 is 2.62 bits per heavy atom. The SMILES string of the molecule is Cc1ccccc1-n1c(C)cc(C=NNc2nc3ccccc3s2)c1C. The quantitative estimate of drug-likeness (QED) is 0.388. The summed E-state index contributed by atoms with van der Waals surface area (Å²) < 4.78 is 3.43. The van der Waals surface area contributed by atoms with Crippen LogP contribution in [0.2, 0.25) is 0 Å². The summed E-state index contributed by atoms with van der Waals surface area (Å²) in [5.41, 5.74) is 9.98. The molecule has 2 aromatic carbocycles. The minimum Gasteiger partial charge on any atom is -0.318 e. The molecule has 4 rings (SSSR count). The second-order valence-electron chi connectivity index (χ2n) is 6.31. The van der Waals surface area contributed by atoms with Crippen LogP contribution in [0.4, 0.5) is 5.13 Å². The summed E-state index contributed by atoms with van der Waals surface area (Å²) in [5, 5.41) is 5.20. The summed E-state index contributed by atoms with van der Waals surface area (Å²) >= 11 is 1.60. The molecule has 0 aliphatic rings. The second kappa shape index (κ2) is 6.77. The van der Waals surface area contributed by atoms with E-state index < -0.39 is 0 Å². The normalized spacial score (nSPS) is 11.5. The van der Waals surface area contributed by atoms with Crippen LogP contribution >= 0.6 is 11.3 Å². The number of hydrogen-bond acceptors (Lipinski definition) is 4. The fourth-order valence-corrected chi connectivity index (χ4v) is 4.00. The van der Waals surface area contributed by atoms with Gasteiger partial charge in [-0.15, -0.1) is 0 Å². The van der Waals surface area contributed by atoms with Gasteiger partial charge in [-0.3, -0.25) is 5.43 Å². The number of aryl methyl sites for hydroxylation is 2. The third kappa shape index (κ3) is 3.02. The standard InChI is InChI=1S/C21H20N4S/c1-14-8-4-6-10-19(14)25-15(2)12-17(16(25)3)13-22-24-21-23-18-9-5-7-11-20(18)26-21/h4-13H,1-3H3,(H,23,24). The molecule has 0 saturated carbocycles. The van der Waals surface area contributed by atoms with Gasteiger partial charge in [-0.05, 0) is 50.6 Å². The number of hydrazone groups is 1. The molecule has 2 aromatic heterocycles. The molecule has 0 atom stereocenters. The Balaban J connectivity index is 1.60. The van der Waals surface area contributed by atoms with Crippen molar-refractivity contribution in [3.8, 4) is 5.69 Å². The van der Waals surface area contributed by atoms with E-state index in [0.29, 0.717) is 0 Å². The van der Waals surface area contributed by atoms with Gasteiger partial charge in [-0.2, -0.15) is 5.10 Å². The third-order valence-electron chi connectivity index (χ3n) is 4.48. The van der Waals surface area contributed by atoms with Gasteiger partial charge in [0.2, 0.25) is 5.13 Å². The predicted octanol–water partition coefficient (Wildman–Crippen LogP) is 5.46. The minimum absolute atomic E-state index is 0.801. The molecule has 0 radical (unpaired) electrons. The van der Waals surface area contributed by atoms with Gasteiger partial charge in [0.05, 0.1) is 16.4 Å². The Hall–Kier alpha value is -2.92. The van der Waals surface area contributed by atoms with Crippen LogP contribution in [-0.2, 0) is 0 Å². The van der Waals surface area contributed by atoms with Crippen LogP contribution in [0, 0.1) is 20.8 Å². The molecule has 5 heteroatoms. The van der Waals surface area contributed by atoms with E-state index in [2.05, 4.69) is 77.2 Å². The van der Waals surface area contributed by atoms with Crippen LogP contribution in [0.3, 0.4) is 0 Å². The van der Waals surface area contributed by atoms with E-state index in [-0.39, 0.29) is 0 Å². The number of para-hydroxylation sites is 2. The van der Waals surface area contributed by atoms with Crippen LogP contribution in [0.25, 0.3) is 15.9 Å². The maximum Gasteiger partial charge on any atom is 0.204 e. The molecule has 0 aliphatic heterocycles. The Bertz CT molecular complexity index is 1070. The zero-order valence-corrected chi connectivity index (χ0v) is 15.8. The summed E-state index contributed by atoms with van der Waals surface area (Å²) in [6, 6.07) is 18.7. The molecule has 4 aromatic rings. The average Bonchev–Trinajstić information content (AvgIpc) is 3.16. The number of thiazole rings is 1. The van der Waals surface area contributed by atoms with Crippen molar-refractivity contribution in [3.05, 3.63) is 77.1 Å². The smallest absolute Gasteiger partial charge is 0.204 e.